The fraction of sp³-hybridized carbons (Fsp3) is 0.400. The van der Waals surface area contributed by atoms with E-state index in [9.17, 15) is 9.50 Å². The van der Waals surface area contributed by atoms with E-state index in [1.807, 2.05) is 44.2 Å². The van der Waals surface area contributed by atoms with Crippen LogP contribution in [0.3, 0.4) is 0 Å². The molecule has 7 heteroatoms. The van der Waals surface area contributed by atoms with Crippen molar-refractivity contribution in [1.82, 2.24) is 14.7 Å². The summed E-state index contributed by atoms with van der Waals surface area (Å²) < 4.78 is 27.1. The Bertz CT molecular complexity index is 978. The van der Waals surface area contributed by atoms with Gasteiger partial charge in [-0.3, -0.25) is 4.90 Å². The Morgan fingerprint density at radius 3 is 2.59 bits per heavy atom. The average molecular weight is 442 g/mol. The molecule has 0 saturated heterocycles. The van der Waals surface area contributed by atoms with Crippen LogP contribution in [-0.4, -0.2) is 52.2 Å². The van der Waals surface area contributed by atoms with Crippen LogP contribution in [0.2, 0.25) is 0 Å². The zero-order valence-electron chi connectivity index (χ0n) is 19.0. The quantitative estimate of drug-likeness (QED) is 0.441. The van der Waals surface area contributed by atoms with Crippen molar-refractivity contribution >= 4 is 0 Å². The van der Waals surface area contributed by atoms with Gasteiger partial charge >= 0.3 is 0 Å². The van der Waals surface area contributed by atoms with E-state index in [4.69, 9.17) is 14.6 Å². The Kier molecular flexibility index (Phi) is 8.79. The normalized spacial score (nSPS) is 12.3. The summed E-state index contributed by atoms with van der Waals surface area (Å²) in [5.41, 5.74) is 2.57. The Morgan fingerprint density at radius 2 is 1.91 bits per heavy atom. The number of hydrogen-bond acceptors (Lipinski definition) is 5. The molecule has 0 saturated carbocycles. The van der Waals surface area contributed by atoms with Gasteiger partial charge in [-0.15, -0.1) is 0 Å². The minimum atomic E-state index is -0.585. The number of aryl methyl sites for hydroxylation is 1. The van der Waals surface area contributed by atoms with E-state index in [1.54, 1.807) is 16.8 Å². The van der Waals surface area contributed by atoms with E-state index in [2.05, 4.69) is 11.8 Å². The van der Waals surface area contributed by atoms with Crippen LogP contribution in [0, 0.1) is 12.7 Å². The summed E-state index contributed by atoms with van der Waals surface area (Å²) in [5, 5.41) is 15.1. The molecule has 0 aliphatic carbocycles. The van der Waals surface area contributed by atoms with Crippen LogP contribution in [0.5, 0.6) is 11.6 Å². The fourth-order valence-electron chi connectivity index (χ4n) is 3.59. The van der Waals surface area contributed by atoms with Crippen molar-refractivity contribution in [1.29, 1.82) is 0 Å². The van der Waals surface area contributed by atoms with E-state index in [0.29, 0.717) is 37.9 Å². The molecule has 0 bridgehead atoms. The molecule has 1 aromatic heterocycles. The van der Waals surface area contributed by atoms with Crippen molar-refractivity contribution in [2.24, 2.45) is 0 Å². The first-order chi connectivity index (χ1) is 15.5. The smallest absolute Gasteiger partial charge is 0.227 e. The highest BCUT2D eigenvalue weighted by Gasteiger charge is 2.22. The SMILES string of the molecule is CCCN(Cc1c(C)nn(-c2ccccc2)c1Oc1cccc(F)c1)CC(O)COCC. The van der Waals surface area contributed by atoms with Gasteiger partial charge in [0.05, 0.1) is 29.7 Å². The molecule has 0 aliphatic rings. The molecule has 1 heterocycles. The Hall–Kier alpha value is -2.74. The minimum absolute atomic E-state index is 0.297. The Balaban J connectivity index is 1.95. The molecule has 2 aromatic carbocycles. The number of halogens is 1. The lowest BCUT2D eigenvalue weighted by Crippen LogP contribution is -2.35. The first-order valence-electron chi connectivity index (χ1n) is 11.1. The number of para-hydroxylation sites is 1. The second-order valence-electron chi connectivity index (χ2n) is 7.72. The molecule has 1 unspecified atom stereocenters. The van der Waals surface area contributed by atoms with E-state index >= 15 is 0 Å². The number of ether oxygens (including phenoxy) is 2. The van der Waals surface area contributed by atoms with Crippen molar-refractivity contribution in [2.45, 2.75) is 39.8 Å². The van der Waals surface area contributed by atoms with Crippen molar-refractivity contribution in [3.8, 4) is 17.3 Å². The summed E-state index contributed by atoms with van der Waals surface area (Å²) in [6.07, 6.45) is 0.353. The number of hydrogen-bond donors (Lipinski definition) is 1. The lowest BCUT2D eigenvalue weighted by atomic mass is 10.2. The maximum atomic E-state index is 13.8. The third-order valence-corrected chi connectivity index (χ3v) is 5.05. The molecule has 0 amide bonds. The summed E-state index contributed by atoms with van der Waals surface area (Å²) in [5.74, 6) is 0.583. The van der Waals surface area contributed by atoms with Crippen LogP contribution >= 0.6 is 0 Å². The summed E-state index contributed by atoms with van der Waals surface area (Å²) >= 11 is 0. The number of aliphatic hydroxyl groups excluding tert-OH is 1. The number of rotatable bonds is 12. The summed E-state index contributed by atoms with van der Waals surface area (Å²) in [6, 6.07) is 15.8. The molecule has 172 valence electrons. The molecule has 3 rings (SSSR count). The average Bonchev–Trinajstić information content (AvgIpc) is 3.08. The van der Waals surface area contributed by atoms with Crippen molar-refractivity contribution in [2.75, 3.05) is 26.3 Å². The molecular weight excluding hydrogens is 409 g/mol. The van der Waals surface area contributed by atoms with Gasteiger partial charge < -0.3 is 14.6 Å². The lowest BCUT2D eigenvalue weighted by molar-refractivity contribution is 0.0195. The largest absolute Gasteiger partial charge is 0.438 e. The van der Waals surface area contributed by atoms with Crippen LogP contribution in [-0.2, 0) is 11.3 Å². The van der Waals surface area contributed by atoms with Gasteiger partial charge in [0.2, 0.25) is 5.88 Å². The van der Waals surface area contributed by atoms with Gasteiger partial charge in [-0.05, 0) is 51.1 Å². The number of benzene rings is 2. The molecule has 0 fully saturated rings. The molecule has 1 atom stereocenters. The highest BCUT2D eigenvalue weighted by atomic mass is 19.1. The highest BCUT2D eigenvalue weighted by Crippen LogP contribution is 2.32. The third kappa shape index (κ3) is 6.38. The molecule has 3 aromatic rings. The van der Waals surface area contributed by atoms with Gasteiger partial charge in [0.1, 0.15) is 11.6 Å². The van der Waals surface area contributed by atoms with Crippen molar-refractivity contribution in [3.63, 3.8) is 0 Å². The molecule has 32 heavy (non-hydrogen) atoms. The summed E-state index contributed by atoms with van der Waals surface area (Å²) in [4.78, 5) is 2.17. The van der Waals surface area contributed by atoms with Gasteiger partial charge in [0.15, 0.2) is 0 Å². The van der Waals surface area contributed by atoms with Gasteiger partial charge in [-0.2, -0.15) is 5.10 Å². The molecule has 0 radical (unpaired) electrons. The topological polar surface area (TPSA) is 59.8 Å². The Morgan fingerprint density at radius 1 is 1.12 bits per heavy atom. The van der Waals surface area contributed by atoms with Crippen molar-refractivity contribution < 1.29 is 19.0 Å². The van der Waals surface area contributed by atoms with Crippen molar-refractivity contribution in [3.05, 3.63) is 71.7 Å². The number of nitrogens with zero attached hydrogens (tertiary/aromatic N) is 3. The Labute approximate surface area is 189 Å². The van der Waals surface area contributed by atoms with Crippen LogP contribution in [0.1, 0.15) is 31.5 Å². The second-order valence-corrected chi connectivity index (χ2v) is 7.72. The number of aromatic nitrogens is 2. The van der Waals surface area contributed by atoms with E-state index < -0.39 is 6.10 Å². The van der Waals surface area contributed by atoms with Gasteiger partial charge in [-0.25, -0.2) is 9.07 Å². The maximum absolute atomic E-state index is 13.8. The van der Waals surface area contributed by atoms with E-state index in [1.165, 1.54) is 12.1 Å². The first kappa shape index (κ1) is 23.9. The predicted octanol–water partition coefficient (Wildman–Crippen LogP) is 4.72. The molecule has 6 nitrogen and oxygen atoms in total. The second kappa shape index (κ2) is 11.8. The molecule has 1 N–H and O–H groups in total. The molecule has 0 aliphatic heterocycles. The molecular formula is C25H32FN3O3. The fourth-order valence-corrected chi connectivity index (χ4v) is 3.59. The van der Waals surface area contributed by atoms with Crippen LogP contribution in [0.25, 0.3) is 5.69 Å². The standard InChI is InChI=1S/C25H32FN3O3/c1-4-14-28(16-22(30)18-31-5-2)17-24-19(3)27-29(21-11-7-6-8-12-21)25(24)32-23-13-9-10-20(26)15-23/h6-13,15,22,30H,4-5,14,16-18H2,1-3H3. The van der Waals surface area contributed by atoms with Crippen LogP contribution in [0.15, 0.2) is 54.6 Å². The van der Waals surface area contributed by atoms with Gasteiger partial charge in [0, 0.05) is 25.8 Å². The lowest BCUT2D eigenvalue weighted by Gasteiger charge is -2.25. The van der Waals surface area contributed by atoms with Gasteiger partial charge in [0.25, 0.3) is 0 Å². The van der Waals surface area contributed by atoms with Crippen LogP contribution < -0.4 is 4.74 Å². The van der Waals surface area contributed by atoms with Crippen LogP contribution in [0.4, 0.5) is 4.39 Å². The first-order valence-corrected chi connectivity index (χ1v) is 11.1. The zero-order chi connectivity index (χ0) is 22.9. The third-order valence-electron chi connectivity index (χ3n) is 5.05. The summed E-state index contributed by atoms with van der Waals surface area (Å²) in [6.45, 7) is 8.64. The number of aliphatic hydroxyl groups is 1. The zero-order valence-corrected chi connectivity index (χ0v) is 19.0. The monoisotopic (exact) mass is 441 g/mol. The van der Waals surface area contributed by atoms with Gasteiger partial charge in [-0.1, -0.05) is 31.2 Å². The highest BCUT2D eigenvalue weighted by molar-refractivity contribution is 5.43. The molecule has 0 spiro atoms. The predicted molar refractivity (Wildman–Crippen MR) is 123 cm³/mol. The summed E-state index contributed by atoms with van der Waals surface area (Å²) in [7, 11) is 0. The minimum Gasteiger partial charge on any atom is -0.438 e. The van der Waals surface area contributed by atoms with E-state index in [-0.39, 0.29) is 5.82 Å². The van der Waals surface area contributed by atoms with E-state index in [0.717, 1.165) is 29.9 Å². The maximum Gasteiger partial charge on any atom is 0.227 e.